The monoisotopic (exact) mass is 229 g/mol. The Bertz CT molecular complexity index is 417. The van der Waals surface area contributed by atoms with Gasteiger partial charge >= 0.3 is 0 Å². The van der Waals surface area contributed by atoms with Crippen molar-refractivity contribution in [3.8, 4) is 0 Å². The largest absolute Gasteiger partial charge is 0.350 e. The first kappa shape index (κ1) is 11.9. The molecule has 1 heterocycles. The average molecular weight is 229 g/mol. The van der Waals surface area contributed by atoms with Crippen molar-refractivity contribution in [2.24, 2.45) is 0 Å². The summed E-state index contributed by atoms with van der Waals surface area (Å²) >= 11 is 0. The lowest BCUT2D eigenvalue weighted by Gasteiger charge is -2.05. The molecule has 0 aromatic heterocycles. The van der Waals surface area contributed by atoms with Gasteiger partial charge in [-0.25, -0.2) is 0 Å². The quantitative estimate of drug-likeness (QED) is 0.847. The first-order valence-corrected chi connectivity index (χ1v) is 6.22. The van der Waals surface area contributed by atoms with E-state index in [1.165, 1.54) is 11.1 Å². The maximum Gasteiger partial charge on any atom is 0.220 e. The van der Waals surface area contributed by atoms with E-state index in [1.807, 2.05) is 0 Å². The number of carbonyl (C=O) groups excluding carboxylic acids is 1. The van der Waals surface area contributed by atoms with Gasteiger partial charge in [-0.1, -0.05) is 50.3 Å². The average Bonchev–Trinajstić information content (AvgIpc) is 2.73. The van der Waals surface area contributed by atoms with E-state index in [2.05, 4.69) is 55.6 Å². The summed E-state index contributed by atoms with van der Waals surface area (Å²) in [5.41, 5.74) is 2.55. The van der Waals surface area contributed by atoms with Gasteiger partial charge < -0.3 is 5.32 Å². The fourth-order valence-corrected chi connectivity index (χ4v) is 2.00. The van der Waals surface area contributed by atoms with Crippen molar-refractivity contribution in [3.05, 3.63) is 41.5 Å². The topological polar surface area (TPSA) is 29.1 Å². The molecule has 1 amide bonds. The maximum absolute atomic E-state index is 11.0. The molecule has 2 heteroatoms. The van der Waals surface area contributed by atoms with Crippen LogP contribution in [0.1, 0.15) is 43.7 Å². The van der Waals surface area contributed by atoms with Crippen LogP contribution in [0, 0.1) is 0 Å². The van der Waals surface area contributed by atoms with Crippen LogP contribution in [0.2, 0.25) is 0 Å². The van der Waals surface area contributed by atoms with Crippen molar-refractivity contribution in [1.29, 1.82) is 0 Å². The molecule has 1 atom stereocenters. The summed E-state index contributed by atoms with van der Waals surface area (Å²) in [7, 11) is 0. The molecule has 1 aliphatic heterocycles. The first-order valence-electron chi connectivity index (χ1n) is 6.22. The molecular weight excluding hydrogens is 210 g/mol. The molecule has 0 radical (unpaired) electrons. The third kappa shape index (κ3) is 3.19. The highest BCUT2D eigenvalue weighted by Gasteiger charge is 2.17. The van der Waals surface area contributed by atoms with E-state index in [1.54, 1.807) is 0 Å². The zero-order valence-corrected chi connectivity index (χ0v) is 10.4. The van der Waals surface area contributed by atoms with Crippen LogP contribution in [0.5, 0.6) is 0 Å². The first-order chi connectivity index (χ1) is 8.15. The van der Waals surface area contributed by atoms with Crippen LogP contribution in [-0.4, -0.2) is 11.9 Å². The van der Waals surface area contributed by atoms with E-state index in [0.29, 0.717) is 12.3 Å². The summed E-state index contributed by atoms with van der Waals surface area (Å²) in [5.74, 6) is 0.733. The van der Waals surface area contributed by atoms with E-state index >= 15 is 0 Å². The highest BCUT2D eigenvalue weighted by molar-refractivity contribution is 5.79. The third-order valence-corrected chi connectivity index (χ3v) is 3.15. The molecule has 2 nitrogen and oxygen atoms in total. The van der Waals surface area contributed by atoms with Gasteiger partial charge in [-0.05, 0) is 23.5 Å². The number of rotatable bonds is 3. The Morgan fingerprint density at radius 1 is 1.29 bits per heavy atom. The SMILES string of the molecule is CC(C)c1ccc(/C=C/[C@H]2CCC(=O)N2)cc1. The van der Waals surface area contributed by atoms with Crippen LogP contribution in [0.4, 0.5) is 0 Å². The number of amides is 1. The minimum absolute atomic E-state index is 0.162. The van der Waals surface area contributed by atoms with Gasteiger partial charge in [0.2, 0.25) is 5.91 Å². The van der Waals surface area contributed by atoms with Crippen molar-refractivity contribution >= 4 is 12.0 Å². The Hall–Kier alpha value is -1.57. The summed E-state index contributed by atoms with van der Waals surface area (Å²) in [6.45, 7) is 4.39. The lowest BCUT2D eigenvalue weighted by Crippen LogP contribution is -2.22. The van der Waals surface area contributed by atoms with Crippen LogP contribution in [0.25, 0.3) is 6.08 Å². The molecule has 17 heavy (non-hydrogen) atoms. The van der Waals surface area contributed by atoms with Gasteiger partial charge in [0.1, 0.15) is 0 Å². The highest BCUT2D eigenvalue weighted by atomic mass is 16.1. The third-order valence-electron chi connectivity index (χ3n) is 3.15. The molecule has 0 unspecified atom stereocenters. The Morgan fingerprint density at radius 2 is 2.00 bits per heavy atom. The van der Waals surface area contributed by atoms with Crippen LogP contribution in [0.3, 0.4) is 0 Å². The molecule has 1 aliphatic rings. The number of nitrogens with one attached hydrogen (secondary N) is 1. The Kier molecular flexibility index (Phi) is 3.62. The van der Waals surface area contributed by atoms with Gasteiger partial charge in [0.15, 0.2) is 0 Å². The van der Waals surface area contributed by atoms with Gasteiger partial charge in [0.25, 0.3) is 0 Å². The van der Waals surface area contributed by atoms with Gasteiger partial charge in [0.05, 0.1) is 0 Å². The van der Waals surface area contributed by atoms with Gasteiger partial charge in [-0.2, -0.15) is 0 Å². The van der Waals surface area contributed by atoms with Gasteiger partial charge in [-0.3, -0.25) is 4.79 Å². The number of benzene rings is 1. The molecule has 0 saturated carbocycles. The van der Waals surface area contributed by atoms with Crippen LogP contribution < -0.4 is 5.32 Å². The van der Waals surface area contributed by atoms with Gasteiger partial charge in [-0.15, -0.1) is 0 Å². The summed E-state index contributed by atoms with van der Waals surface area (Å²) < 4.78 is 0. The van der Waals surface area contributed by atoms with Crippen molar-refractivity contribution in [2.75, 3.05) is 0 Å². The van der Waals surface area contributed by atoms with E-state index in [0.717, 1.165) is 6.42 Å². The van der Waals surface area contributed by atoms with E-state index < -0.39 is 0 Å². The highest BCUT2D eigenvalue weighted by Crippen LogP contribution is 2.16. The number of hydrogen-bond donors (Lipinski definition) is 1. The molecule has 0 spiro atoms. The van der Waals surface area contributed by atoms with Crippen molar-refractivity contribution in [2.45, 2.75) is 38.6 Å². The number of carbonyl (C=O) groups is 1. The minimum Gasteiger partial charge on any atom is -0.350 e. The molecule has 0 aliphatic carbocycles. The molecule has 2 rings (SSSR count). The second-order valence-corrected chi connectivity index (χ2v) is 4.89. The lowest BCUT2D eigenvalue weighted by molar-refractivity contribution is -0.119. The van der Waals surface area contributed by atoms with E-state index in [9.17, 15) is 4.79 Å². The second-order valence-electron chi connectivity index (χ2n) is 4.89. The summed E-state index contributed by atoms with van der Waals surface area (Å²) in [5, 5.41) is 2.93. The molecule has 1 N–H and O–H groups in total. The standard InChI is InChI=1S/C15H19NO/c1-11(2)13-6-3-12(4-7-13)5-8-14-9-10-15(17)16-14/h3-8,11,14H,9-10H2,1-2H3,(H,16,17)/b8-5+/t14-/m0/s1. The van der Waals surface area contributed by atoms with Gasteiger partial charge in [0, 0.05) is 12.5 Å². The summed E-state index contributed by atoms with van der Waals surface area (Å²) in [6, 6.07) is 8.80. The van der Waals surface area contributed by atoms with E-state index in [-0.39, 0.29) is 11.9 Å². The van der Waals surface area contributed by atoms with Crippen molar-refractivity contribution in [1.82, 2.24) is 5.32 Å². The number of hydrogen-bond acceptors (Lipinski definition) is 1. The molecule has 1 fully saturated rings. The molecule has 1 saturated heterocycles. The summed E-state index contributed by atoms with van der Waals surface area (Å²) in [6.07, 6.45) is 5.73. The summed E-state index contributed by atoms with van der Waals surface area (Å²) in [4.78, 5) is 11.0. The van der Waals surface area contributed by atoms with Crippen LogP contribution in [0.15, 0.2) is 30.3 Å². The fourth-order valence-electron chi connectivity index (χ4n) is 2.00. The molecule has 1 aromatic carbocycles. The van der Waals surface area contributed by atoms with Crippen molar-refractivity contribution in [3.63, 3.8) is 0 Å². The maximum atomic E-state index is 11.0. The normalized spacial score (nSPS) is 20.2. The lowest BCUT2D eigenvalue weighted by atomic mass is 10.0. The zero-order valence-electron chi connectivity index (χ0n) is 10.4. The van der Waals surface area contributed by atoms with Crippen molar-refractivity contribution < 1.29 is 4.79 Å². The Labute approximate surface area is 103 Å². The minimum atomic E-state index is 0.162. The van der Waals surface area contributed by atoms with E-state index in [4.69, 9.17) is 0 Å². The fraction of sp³-hybridized carbons (Fsp3) is 0.400. The van der Waals surface area contributed by atoms with Crippen LogP contribution >= 0.6 is 0 Å². The Morgan fingerprint density at radius 3 is 2.53 bits per heavy atom. The smallest absolute Gasteiger partial charge is 0.220 e. The Balaban J connectivity index is 1.99. The molecule has 1 aromatic rings. The zero-order chi connectivity index (χ0) is 12.3. The second kappa shape index (κ2) is 5.17. The molecular formula is C15H19NO. The molecule has 0 bridgehead atoms. The van der Waals surface area contributed by atoms with Crippen LogP contribution in [-0.2, 0) is 4.79 Å². The predicted molar refractivity (Wildman–Crippen MR) is 70.7 cm³/mol. The predicted octanol–water partition coefficient (Wildman–Crippen LogP) is 3.10. The molecule has 90 valence electrons.